The molecule has 0 bridgehead atoms. The van der Waals surface area contributed by atoms with Crippen molar-refractivity contribution in [2.45, 2.75) is 18.9 Å². The molecule has 0 spiro atoms. The van der Waals surface area contributed by atoms with Gasteiger partial charge < -0.3 is 10.1 Å². The molecule has 17 heavy (non-hydrogen) atoms. The van der Waals surface area contributed by atoms with Crippen LogP contribution in [0.4, 0.5) is 0 Å². The first-order valence-electron chi connectivity index (χ1n) is 6.14. The molecule has 0 radical (unpaired) electrons. The van der Waals surface area contributed by atoms with Gasteiger partial charge in [-0.25, -0.2) is 0 Å². The number of aryl methyl sites for hydroxylation is 1. The van der Waals surface area contributed by atoms with Gasteiger partial charge in [0.15, 0.2) is 0 Å². The van der Waals surface area contributed by atoms with E-state index >= 15 is 0 Å². The molecule has 1 aliphatic heterocycles. The van der Waals surface area contributed by atoms with Crippen LogP contribution in [0.5, 0.6) is 5.88 Å². The topological polar surface area (TPSA) is 39.1 Å². The fraction of sp³-hybridized carbons (Fsp3) is 0.462. The van der Waals surface area contributed by atoms with Crippen molar-refractivity contribution in [3.8, 4) is 5.88 Å². The maximum Gasteiger partial charge on any atom is 0.241 e. The lowest BCUT2D eigenvalue weighted by molar-refractivity contribution is 0.157. The van der Waals surface area contributed by atoms with Gasteiger partial charge in [0, 0.05) is 7.05 Å². The predicted octanol–water partition coefficient (Wildman–Crippen LogP) is 1.70. The lowest BCUT2D eigenvalue weighted by atomic mass is 10.1. The average molecular weight is 231 g/mol. The number of benzene rings is 1. The van der Waals surface area contributed by atoms with Crippen LogP contribution in [0.1, 0.15) is 12.8 Å². The third-order valence-electron chi connectivity index (χ3n) is 3.29. The molecule has 0 unspecified atom stereocenters. The molecule has 3 rings (SSSR count). The Kier molecular flexibility index (Phi) is 2.73. The minimum atomic E-state index is 0.301. The molecule has 2 heterocycles. The Hall–Kier alpha value is -1.55. The van der Waals surface area contributed by atoms with Gasteiger partial charge in [0.2, 0.25) is 5.88 Å². The Balaban J connectivity index is 1.89. The lowest BCUT2D eigenvalue weighted by Crippen LogP contribution is -2.34. The highest BCUT2D eigenvalue weighted by Crippen LogP contribution is 2.25. The number of aromatic nitrogens is 2. The molecule has 1 N–H and O–H groups in total. The third-order valence-corrected chi connectivity index (χ3v) is 3.29. The summed E-state index contributed by atoms with van der Waals surface area (Å²) in [7, 11) is 1.96. The minimum absolute atomic E-state index is 0.301. The van der Waals surface area contributed by atoms with E-state index in [1.54, 1.807) is 0 Å². The number of nitrogens with zero attached hydrogens (tertiary/aromatic N) is 2. The molecule has 1 fully saturated rings. The zero-order valence-corrected chi connectivity index (χ0v) is 10.0. The second-order valence-corrected chi connectivity index (χ2v) is 4.51. The summed E-state index contributed by atoms with van der Waals surface area (Å²) in [5.41, 5.74) is 1.12. The van der Waals surface area contributed by atoms with Gasteiger partial charge in [0.1, 0.15) is 6.10 Å². The Labute approximate surface area is 101 Å². The second kappa shape index (κ2) is 4.37. The van der Waals surface area contributed by atoms with E-state index < -0.39 is 0 Å². The van der Waals surface area contributed by atoms with Crippen molar-refractivity contribution in [2.75, 3.05) is 13.1 Å². The third kappa shape index (κ3) is 2.00. The molecule has 0 amide bonds. The fourth-order valence-electron chi connectivity index (χ4n) is 2.34. The average Bonchev–Trinajstić information content (AvgIpc) is 2.69. The number of nitrogens with one attached hydrogen (secondary N) is 1. The Morgan fingerprint density at radius 3 is 2.88 bits per heavy atom. The van der Waals surface area contributed by atoms with Crippen LogP contribution < -0.4 is 10.1 Å². The number of piperidine rings is 1. The van der Waals surface area contributed by atoms with Crippen molar-refractivity contribution in [3.05, 3.63) is 24.3 Å². The van der Waals surface area contributed by atoms with Gasteiger partial charge in [-0.15, -0.1) is 5.10 Å². The standard InChI is InChI=1S/C13H17N3O/c1-16-12-5-3-2-4-11(12)13(15-16)17-10-6-8-14-9-7-10/h2-5,10,14H,6-9H2,1H3. The molecule has 1 aromatic carbocycles. The van der Waals surface area contributed by atoms with Crippen molar-refractivity contribution in [1.29, 1.82) is 0 Å². The van der Waals surface area contributed by atoms with Gasteiger partial charge in [-0.1, -0.05) is 12.1 Å². The summed E-state index contributed by atoms with van der Waals surface area (Å²) in [6, 6.07) is 8.19. The van der Waals surface area contributed by atoms with Crippen molar-refractivity contribution in [1.82, 2.24) is 15.1 Å². The zero-order chi connectivity index (χ0) is 11.7. The van der Waals surface area contributed by atoms with Gasteiger partial charge >= 0.3 is 0 Å². The molecule has 4 nitrogen and oxygen atoms in total. The normalized spacial score (nSPS) is 17.5. The van der Waals surface area contributed by atoms with Gasteiger partial charge in [-0.3, -0.25) is 4.68 Å². The van der Waals surface area contributed by atoms with Crippen molar-refractivity contribution >= 4 is 10.9 Å². The van der Waals surface area contributed by atoms with Gasteiger partial charge in [0.05, 0.1) is 10.9 Å². The second-order valence-electron chi connectivity index (χ2n) is 4.51. The van der Waals surface area contributed by atoms with E-state index in [2.05, 4.69) is 22.5 Å². The van der Waals surface area contributed by atoms with Gasteiger partial charge in [-0.05, 0) is 38.1 Å². The molecule has 1 aromatic heterocycles. The van der Waals surface area contributed by atoms with Crippen LogP contribution in [0.3, 0.4) is 0 Å². The summed E-state index contributed by atoms with van der Waals surface area (Å²) >= 11 is 0. The summed E-state index contributed by atoms with van der Waals surface area (Å²) in [5, 5.41) is 8.90. The number of ether oxygens (including phenoxy) is 1. The van der Waals surface area contributed by atoms with E-state index in [1.807, 2.05) is 23.9 Å². The van der Waals surface area contributed by atoms with Crippen LogP contribution in [-0.2, 0) is 7.05 Å². The minimum Gasteiger partial charge on any atom is -0.473 e. The van der Waals surface area contributed by atoms with Crippen molar-refractivity contribution in [3.63, 3.8) is 0 Å². The Morgan fingerprint density at radius 2 is 2.06 bits per heavy atom. The molecule has 2 aromatic rings. The van der Waals surface area contributed by atoms with Crippen molar-refractivity contribution in [2.24, 2.45) is 7.05 Å². The SMILES string of the molecule is Cn1nc(OC2CCNCC2)c2ccccc21. The molecule has 1 aliphatic rings. The molecule has 0 saturated carbocycles. The quantitative estimate of drug-likeness (QED) is 0.855. The highest BCUT2D eigenvalue weighted by Gasteiger charge is 2.17. The van der Waals surface area contributed by atoms with E-state index in [1.165, 1.54) is 0 Å². The number of rotatable bonds is 2. The number of para-hydroxylation sites is 1. The molecule has 0 aliphatic carbocycles. The molecule has 90 valence electrons. The van der Waals surface area contributed by atoms with E-state index in [0.717, 1.165) is 42.7 Å². The van der Waals surface area contributed by atoms with E-state index in [4.69, 9.17) is 4.74 Å². The van der Waals surface area contributed by atoms with Crippen LogP contribution in [0, 0.1) is 0 Å². The molecule has 4 heteroatoms. The number of hydrogen-bond donors (Lipinski definition) is 1. The summed E-state index contributed by atoms with van der Waals surface area (Å²) < 4.78 is 7.90. The van der Waals surface area contributed by atoms with E-state index in [-0.39, 0.29) is 0 Å². The highest BCUT2D eigenvalue weighted by molar-refractivity contribution is 5.84. The predicted molar refractivity (Wildman–Crippen MR) is 67.2 cm³/mol. The molecule has 0 atom stereocenters. The molecular weight excluding hydrogens is 214 g/mol. The monoisotopic (exact) mass is 231 g/mol. The van der Waals surface area contributed by atoms with Gasteiger partial charge in [0.25, 0.3) is 0 Å². The number of hydrogen-bond acceptors (Lipinski definition) is 3. The maximum absolute atomic E-state index is 6.02. The van der Waals surface area contributed by atoms with E-state index in [9.17, 15) is 0 Å². The summed E-state index contributed by atoms with van der Waals surface area (Å²) in [5.74, 6) is 0.773. The van der Waals surface area contributed by atoms with Crippen LogP contribution in [-0.4, -0.2) is 29.0 Å². The summed E-state index contributed by atoms with van der Waals surface area (Å²) in [4.78, 5) is 0. The van der Waals surface area contributed by atoms with Gasteiger partial charge in [-0.2, -0.15) is 0 Å². The van der Waals surface area contributed by atoms with Crippen LogP contribution in [0.15, 0.2) is 24.3 Å². The summed E-state index contributed by atoms with van der Waals surface area (Å²) in [6.45, 7) is 2.07. The lowest BCUT2D eigenvalue weighted by Gasteiger charge is -2.22. The van der Waals surface area contributed by atoms with E-state index in [0.29, 0.717) is 6.10 Å². The Morgan fingerprint density at radius 1 is 1.29 bits per heavy atom. The molecule has 1 saturated heterocycles. The largest absolute Gasteiger partial charge is 0.473 e. The summed E-state index contributed by atoms with van der Waals surface area (Å²) in [6.07, 6.45) is 2.42. The number of fused-ring (bicyclic) bond motifs is 1. The molecular formula is C13H17N3O. The first-order valence-corrected chi connectivity index (χ1v) is 6.14. The first kappa shape index (κ1) is 10.6. The highest BCUT2D eigenvalue weighted by atomic mass is 16.5. The Bertz CT molecular complexity index is 514. The van der Waals surface area contributed by atoms with Crippen LogP contribution in [0.2, 0.25) is 0 Å². The van der Waals surface area contributed by atoms with Crippen LogP contribution in [0.25, 0.3) is 10.9 Å². The van der Waals surface area contributed by atoms with Crippen molar-refractivity contribution < 1.29 is 4.74 Å². The zero-order valence-electron chi connectivity index (χ0n) is 10.0. The fourth-order valence-corrected chi connectivity index (χ4v) is 2.34. The van der Waals surface area contributed by atoms with Crippen LogP contribution >= 0.6 is 0 Å². The maximum atomic E-state index is 6.02. The first-order chi connectivity index (χ1) is 8.34. The smallest absolute Gasteiger partial charge is 0.241 e.